The van der Waals surface area contributed by atoms with Gasteiger partial charge >= 0.3 is 0 Å². The van der Waals surface area contributed by atoms with Gasteiger partial charge in [0.15, 0.2) is 0 Å². The molecule has 14 heavy (non-hydrogen) atoms. The normalized spacial score (nSPS) is 12.5. The first-order valence-electron chi connectivity index (χ1n) is 4.66. The highest BCUT2D eigenvalue weighted by atomic mass is 79.9. The van der Waals surface area contributed by atoms with E-state index in [-0.39, 0.29) is 5.91 Å². The molecular formula is C10H14BrNOS. The third-order valence-corrected chi connectivity index (χ3v) is 3.97. The van der Waals surface area contributed by atoms with E-state index in [0.29, 0.717) is 5.92 Å². The van der Waals surface area contributed by atoms with Crippen LogP contribution in [0.1, 0.15) is 29.9 Å². The van der Waals surface area contributed by atoms with Crippen molar-refractivity contribution in [2.75, 3.05) is 6.54 Å². The van der Waals surface area contributed by atoms with Crippen molar-refractivity contribution in [1.29, 1.82) is 0 Å². The first-order chi connectivity index (χ1) is 6.65. The van der Waals surface area contributed by atoms with Crippen molar-refractivity contribution in [2.45, 2.75) is 20.3 Å². The summed E-state index contributed by atoms with van der Waals surface area (Å²) in [6.07, 6.45) is 1.09. The maximum atomic E-state index is 11.6. The fourth-order valence-electron chi connectivity index (χ4n) is 0.947. The minimum Gasteiger partial charge on any atom is -0.351 e. The Hall–Kier alpha value is -0.350. The smallest absolute Gasteiger partial charge is 0.262 e. The Bertz CT molecular complexity index is 311. The monoisotopic (exact) mass is 275 g/mol. The van der Waals surface area contributed by atoms with Gasteiger partial charge in [0, 0.05) is 11.0 Å². The number of amides is 1. The molecule has 4 heteroatoms. The van der Waals surface area contributed by atoms with Crippen molar-refractivity contribution < 1.29 is 4.79 Å². The summed E-state index contributed by atoms with van der Waals surface area (Å²) in [5.41, 5.74) is 0. The standard InChI is InChI=1S/C10H14BrNOS/c1-3-7(2)6-12-10(13)9-8(11)4-5-14-9/h4-5,7H,3,6H2,1-2H3,(H,12,13). The molecule has 0 saturated heterocycles. The Labute approximate surface area is 96.8 Å². The van der Waals surface area contributed by atoms with Crippen molar-refractivity contribution >= 4 is 33.2 Å². The Morgan fingerprint density at radius 2 is 2.43 bits per heavy atom. The average Bonchev–Trinajstić information content (AvgIpc) is 2.60. The van der Waals surface area contributed by atoms with Gasteiger partial charge in [-0.2, -0.15) is 0 Å². The average molecular weight is 276 g/mol. The molecule has 0 aliphatic rings. The molecule has 1 unspecified atom stereocenters. The molecule has 1 aromatic heterocycles. The molecule has 1 N–H and O–H groups in total. The molecule has 1 atom stereocenters. The van der Waals surface area contributed by atoms with Gasteiger partial charge in [-0.1, -0.05) is 20.3 Å². The summed E-state index contributed by atoms with van der Waals surface area (Å²) in [5.74, 6) is 0.560. The van der Waals surface area contributed by atoms with Crippen molar-refractivity contribution in [1.82, 2.24) is 5.32 Å². The zero-order chi connectivity index (χ0) is 10.6. The number of halogens is 1. The number of rotatable bonds is 4. The predicted octanol–water partition coefficient (Wildman–Crippen LogP) is 3.29. The lowest BCUT2D eigenvalue weighted by atomic mass is 10.1. The second-order valence-corrected chi connectivity index (χ2v) is 5.09. The van der Waals surface area contributed by atoms with Crippen molar-refractivity contribution in [3.05, 3.63) is 20.8 Å². The van der Waals surface area contributed by atoms with Crippen LogP contribution in [-0.2, 0) is 0 Å². The van der Waals surface area contributed by atoms with Gasteiger partial charge in [-0.25, -0.2) is 0 Å². The second kappa shape index (κ2) is 5.51. The van der Waals surface area contributed by atoms with Crippen LogP contribution in [0, 0.1) is 5.92 Å². The fraction of sp³-hybridized carbons (Fsp3) is 0.500. The van der Waals surface area contributed by atoms with Crippen LogP contribution in [-0.4, -0.2) is 12.5 Å². The molecule has 0 saturated carbocycles. The summed E-state index contributed by atoms with van der Waals surface area (Å²) in [5, 5.41) is 4.82. The van der Waals surface area contributed by atoms with Crippen LogP contribution in [0.2, 0.25) is 0 Å². The Morgan fingerprint density at radius 1 is 1.71 bits per heavy atom. The molecule has 1 heterocycles. The van der Waals surface area contributed by atoms with Crippen LogP contribution in [0.5, 0.6) is 0 Å². The van der Waals surface area contributed by atoms with E-state index in [1.54, 1.807) is 0 Å². The third kappa shape index (κ3) is 3.10. The zero-order valence-corrected chi connectivity index (χ0v) is 10.7. The molecule has 1 aromatic rings. The summed E-state index contributed by atoms with van der Waals surface area (Å²) in [7, 11) is 0. The molecule has 78 valence electrons. The second-order valence-electron chi connectivity index (χ2n) is 3.32. The predicted molar refractivity (Wildman–Crippen MR) is 63.8 cm³/mol. The van der Waals surface area contributed by atoms with Crippen molar-refractivity contribution in [2.24, 2.45) is 5.92 Å². The summed E-state index contributed by atoms with van der Waals surface area (Å²) in [4.78, 5) is 12.4. The summed E-state index contributed by atoms with van der Waals surface area (Å²) in [6.45, 7) is 5.00. The van der Waals surface area contributed by atoms with Gasteiger partial charge < -0.3 is 5.32 Å². The van der Waals surface area contributed by atoms with Crippen LogP contribution in [0.25, 0.3) is 0 Å². The minimum absolute atomic E-state index is 0.0205. The maximum absolute atomic E-state index is 11.6. The number of nitrogens with one attached hydrogen (secondary N) is 1. The number of hydrogen-bond acceptors (Lipinski definition) is 2. The molecular weight excluding hydrogens is 262 g/mol. The van der Waals surface area contributed by atoms with Crippen LogP contribution in [0.3, 0.4) is 0 Å². The lowest BCUT2D eigenvalue weighted by Gasteiger charge is -2.09. The van der Waals surface area contributed by atoms with E-state index in [0.717, 1.165) is 22.3 Å². The number of hydrogen-bond donors (Lipinski definition) is 1. The first-order valence-corrected chi connectivity index (χ1v) is 6.33. The number of carbonyl (C=O) groups excluding carboxylic acids is 1. The molecule has 0 aliphatic carbocycles. The summed E-state index contributed by atoms with van der Waals surface area (Å²) < 4.78 is 0.879. The van der Waals surface area contributed by atoms with E-state index >= 15 is 0 Å². The molecule has 0 aliphatic heterocycles. The molecule has 0 spiro atoms. The molecule has 1 amide bonds. The lowest BCUT2D eigenvalue weighted by Crippen LogP contribution is -2.27. The molecule has 0 aromatic carbocycles. The van der Waals surface area contributed by atoms with Gasteiger partial charge in [-0.05, 0) is 33.3 Å². The van der Waals surface area contributed by atoms with E-state index < -0.39 is 0 Å². The van der Waals surface area contributed by atoms with Crippen molar-refractivity contribution in [3.8, 4) is 0 Å². The number of carbonyl (C=O) groups is 1. The van der Waals surface area contributed by atoms with E-state index in [1.807, 2.05) is 11.4 Å². The van der Waals surface area contributed by atoms with Gasteiger partial charge in [0.25, 0.3) is 5.91 Å². The van der Waals surface area contributed by atoms with Gasteiger partial charge in [0.05, 0.1) is 0 Å². The SMILES string of the molecule is CCC(C)CNC(=O)c1sccc1Br. The van der Waals surface area contributed by atoms with Gasteiger partial charge in [-0.15, -0.1) is 11.3 Å². The first kappa shape index (κ1) is 11.7. The Morgan fingerprint density at radius 3 is 2.93 bits per heavy atom. The van der Waals surface area contributed by atoms with Crippen LogP contribution in [0.4, 0.5) is 0 Å². The quantitative estimate of drug-likeness (QED) is 0.898. The Kier molecular flexibility index (Phi) is 4.62. The van der Waals surface area contributed by atoms with E-state index in [2.05, 4.69) is 35.1 Å². The largest absolute Gasteiger partial charge is 0.351 e. The van der Waals surface area contributed by atoms with Crippen LogP contribution < -0.4 is 5.32 Å². The molecule has 2 nitrogen and oxygen atoms in total. The van der Waals surface area contributed by atoms with E-state index in [4.69, 9.17) is 0 Å². The van der Waals surface area contributed by atoms with Crippen LogP contribution in [0.15, 0.2) is 15.9 Å². The molecule has 1 rings (SSSR count). The summed E-state index contributed by atoms with van der Waals surface area (Å²) >= 11 is 4.80. The highest BCUT2D eigenvalue weighted by Crippen LogP contribution is 2.22. The Balaban J connectivity index is 2.47. The molecule has 0 radical (unpaired) electrons. The topological polar surface area (TPSA) is 29.1 Å². The van der Waals surface area contributed by atoms with Gasteiger partial charge in [0.1, 0.15) is 4.88 Å². The molecule has 0 bridgehead atoms. The van der Waals surface area contributed by atoms with E-state index in [9.17, 15) is 4.79 Å². The highest BCUT2D eigenvalue weighted by Gasteiger charge is 2.11. The summed E-state index contributed by atoms with van der Waals surface area (Å²) in [6, 6.07) is 1.89. The third-order valence-electron chi connectivity index (χ3n) is 2.13. The lowest BCUT2D eigenvalue weighted by molar-refractivity contribution is 0.0951. The minimum atomic E-state index is 0.0205. The zero-order valence-electron chi connectivity index (χ0n) is 8.34. The maximum Gasteiger partial charge on any atom is 0.262 e. The van der Waals surface area contributed by atoms with Crippen molar-refractivity contribution in [3.63, 3.8) is 0 Å². The highest BCUT2D eigenvalue weighted by molar-refractivity contribution is 9.10. The van der Waals surface area contributed by atoms with Crippen LogP contribution >= 0.6 is 27.3 Å². The van der Waals surface area contributed by atoms with E-state index in [1.165, 1.54) is 11.3 Å². The van der Waals surface area contributed by atoms with Gasteiger partial charge in [0.2, 0.25) is 0 Å². The number of thiophene rings is 1. The molecule has 0 fully saturated rings. The fourth-order valence-corrected chi connectivity index (χ4v) is 2.41. The van der Waals surface area contributed by atoms with Gasteiger partial charge in [-0.3, -0.25) is 4.79 Å².